The molecule has 0 bridgehead atoms. The molecule has 0 spiro atoms. The zero-order chi connectivity index (χ0) is 13.7. The summed E-state index contributed by atoms with van der Waals surface area (Å²) in [6.45, 7) is 2.89. The Hall–Kier alpha value is 0.514. The van der Waals surface area contributed by atoms with Crippen LogP contribution in [0.5, 0.6) is 0 Å². The van der Waals surface area contributed by atoms with Gasteiger partial charge in [0.2, 0.25) is 0 Å². The van der Waals surface area contributed by atoms with Crippen LogP contribution in [-0.4, -0.2) is 41.0 Å². The van der Waals surface area contributed by atoms with Crippen LogP contribution in [-0.2, 0) is 27.7 Å². The van der Waals surface area contributed by atoms with Crippen molar-refractivity contribution in [3.05, 3.63) is 0 Å². The molecular formula is C12H30N2O3Ti. The molecule has 6 heteroatoms. The Bertz CT molecular complexity index is 172. The average molecular weight is 298 g/mol. The van der Waals surface area contributed by atoms with Gasteiger partial charge in [-0.15, -0.1) is 0 Å². The molecule has 18 heavy (non-hydrogen) atoms. The molecule has 0 aliphatic carbocycles. The van der Waals surface area contributed by atoms with Gasteiger partial charge in [-0.25, -0.2) is 0 Å². The molecule has 110 valence electrons. The fourth-order valence-corrected chi connectivity index (χ4v) is 4.55. The first-order valence-electron chi connectivity index (χ1n) is 6.81. The van der Waals surface area contributed by atoms with Gasteiger partial charge in [0.25, 0.3) is 0 Å². The Morgan fingerprint density at radius 2 is 1.39 bits per heavy atom. The van der Waals surface area contributed by atoms with Crippen LogP contribution in [0.4, 0.5) is 0 Å². The third-order valence-electron chi connectivity index (χ3n) is 3.08. The fourth-order valence-electron chi connectivity index (χ4n) is 1.86. The van der Waals surface area contributed by atoms with Crippen molar-refractivity contribution in [2.24, 2.45) is 5.73 Å². The molecule has 0 saturated carbocycles. The van der Waals surface area contributed by atoms with Gasteiger partial charge in [-0.3, -0.25) is 0 Å². The molecule has 0 radical (unpaired) electrons. The second-order valence-corrected chi connectivity index (χ2v) is 9.18. The van der Waals surface area contributed by atoms with E-state index in [-0.39, 0.29) is 0 Å². The zero-order valence-corrected chi connectivity index (χ0v) is 13.7. The summed E-state index contributed by atoms with van der Waals surface area (Å²) in [4.78, 5) is 0. The quantitative estimate of drug-likeness (QED) is 0.400. The van der Waals surface area contributed by atoms with Gasteiger partial charge < -0.3 is 0 Å². The minimum atomic E-state index is -2.87. The topological polar surface area (TPSA) is 65.7 Å². The molecule has 0 heterocycles. The Morgan fingerprint density at radius 1 is 0.833 bits per heavy atom. The molecule has 0 unspecified atom stereocenters. The number of unbranched alkanes of at least 4 members (excludes halogenated alkanes) is 3. The van der Waals surface area contributed by atoms with E-state index in [1.807, 2.05) is 0 Å². The summed E-state index contributed by atoms with van der Waals surface area (Å²) in [5.74, 6) is 0. The van der Waals surface area contributed by atoms with Crippen LogP contribution in [0.15, 0.2) is 0 Å². The van der Waals surface area contributed by atoms with Crippen LogP contribution in [0, 0.1) is 0 Å². The first-order valence-corrected chi connectivity index (χ1v) is 9.82. The van der Waals surface area contributed by atoms with Crippen molar-refractivity contribution in [1.29, 1.82) is 0 Å². The van der Waals surface area contributed by atoms with E-state index in [4.69, 9.17) is 15.7 Å². The second-order valence-electron chi connectivity index (χ2n) is 4.35. The molecule has 0 aromatic rings. The molecule has 0 fully saturated rings. The molecule has 0 amide bonds. The van der Waals surface area contributed by atoms with Gasteiger partial charge >= 0.3 is 117 Å². The normalized spacial score (nSPS) is 12.0. The Balaban J connectivity index is 3.38. The molecule has 0 saturated heterocycles. The Labute approximate surface area is 117 Å². The molecule has 0 atom stereocenters. The van der Waals surface area contributed by atoms with Crippen molar-refractivity contribution in [1.82, 2.24) is 5.32 Å². The van der Waals surface area contributed by atoms with Crippen molar-refractivity contribution in [2.45, 2.75) is 36.8 Å². The van der Waals surface area contributed by atoms with Gasteiger partial charge in [0.05, 0.1) is 0 Å². The van der Waals surface area contributed by atoms with Gasteiger partial charge in [-0.2, -0.15) is 0 Å². The van der Waals surface area contributed by atoms with Gasteiger partial charge in [-0.1, -0.05) is 0 Å². The summed E-state index contributed by atoms with van der Waals surface area (Å²) in [5, 5.41) is 3.44. The van der Waals surface area contributed by atoms with E-state index < -0.39 is 17.8 Å². The van der Waals surface area contributed by atoms with Crippen LogP contribution >= 0.6 is 0 Å². The summed E-state index contributed by atoms with van der Waals surface area (Å²) >= 11 is -2.87. The Kier molecular flexibility index (Phi) is 12.9. The number of hydrogen-bond acceptors (Lipinski definition) is 5. The van der Waals surface area contributed by atoms with E-state index in [9.17, 15) is 0 Å². The predicted octanol–water partition coefficient (Wildman–Crippen LogP) is 1.74. The van der Waals surface area contributed by atoms with E-state index in [2.05, 4.69) is 5.32 Å². The molecular weight excluding hydrogens is 268 g/mol. The standard InChI is InChI=1S/C9H21N2.3CH3O.Ti/c1-2-8-11-9-6-4-3-5-7-10;3*1-2;/h11H,1-10H2;3*1H3;/q;3*-1;+3. The van der Waals surface area contributed by atoms with Crippen molar-refractivity contribution in [3.8, 4) is 0 Å². The third kappa shape index (κ3) is 8.59. The van der Waals surface area contributed by atoms with Crippen LogP contribution in [0.25, 0.3) is 0 Å². The first-order chi connectivity index (χ1) is 8.74. The Morgan fingerprint density at radius 3 is 1.94 bits per heavy atom. The first kappa shape index (κ1) is 18.5. The average Bonchev–Trinajstić information content (AvgIpc) is 2.42. The summed E-state index contributed by atoms with van der Waals surface area (Å²) < 4.78 is 17.1. The van der Waals surface area contributed by atoms with E-state index in [1.54, 1.807) is 21.3 Å². The van der Waals surface area contributed by atoms with E-state index >= 15 is 0 Å². The predicted molar refractivity (Wildman–Crippen MR) is 70.8 cm³/mol. The van der Waals surface area contributed by atoms with Crippen LogP contribution in [0.1, 0.15) is 32.1 Å². The van der Waals surface area contributed by atoms with Gasteiger partial charge in [0.15, 0.2) is 0 Å². The molecule has 0 aromatic heterocycles. The number of nitrogens with two attached hydrogens (primary N) is 1. The third-order valence-corrected chi connectivity index (χ3v) is 7.50. The minimum absolute atomic E-state index is 0.812. The van der Waals surface area contributed by atoms with E-state index in [0.29, 0.717) is 0 Å². The molecule has 0 aromatic carbocycles. The maximum absolute atomic E-state index is 5.44. The number of hydrogen-bond donors (Lipinski definition) is 2. The molecule has 0 aliphatic heterocycles. The molecule has 5 nitrogen and oxygen atoms in total. The van der Waals surface area contributed by atoms with Gasteiger partial charge in [-0.05, 0) is 0 Å². The van der Waals surface area contributed by atoms with Crippen LogP contribution < -0.4 is 11.1 Å². The maximum atomic E-state index is 5.44. The van der Waals surface area contributed by atoms with Crippen LogP contribution in [0.3, 0.4) is 0 Å². The number of rotatable bonds is 13. The fraction of sp³-hybridized carbons (Fsp3) is 1.00. The van der Waals surface area contributed by atoms with E-state index in [0.717, 1.165) is 37.2 Å². The van der Waals surface area contributed by atoms with Crippen molar-refractivity contribution >= 4 is 0 Å². The summed E-state index contributed by atoms with van der Waals surface area (Å²) in [5.41, 5.74) is 5.44. The van der Waals surface area contributed by atoms with E-state index in [1.165, 1.54) is 19.3 Å². The summed E-state index contributed by atoms with van der Waals surface area (Å²) in [6, 6.07) is 0. The molecule has 3 N–H and O–H groups in total. The summed E-state index contributed by atoms with van der Waals surface area (Å²) in [7, 11) is 5.04. The SMILES string of the molecule is C[O][Ti]([CH2]CCNCCCCCCN)([O]C)[O]C. The van der Waals surface area contributed by atoms with Crippen molar-refractivity contribution in [2.75, 3.05) is 41.0 Å². The van der Waals surface area contributed by atoms with Gasteiger partial charge in [0.1, 0.15) is 0 Å². The monoisotopic (exact) mass is 298 g/mol. The second kappa shape index (κ2) is 12.5. The molecule has 0 rings (SSSR count). The van der Waals surface area contributed by atoms with Gasteiger partial charge in [0, 0.05) is 0 Å². The molecule has 0 aliphatic rings. The van der Waals surface area contributed by atoms with Crippen molar-refractivity contribution in [3.63, 3.8) is 0 Å². The van der Waals surface area contributed by atoms with Crippen LogP contribution in [0.2, 0.25) is 4.73 Å². The van der Waals surface area contributed by atoms with Crippen molar-refractivity contribution < 1.29 is 27.7 Å². The zero-order valence-electron chi connectivity index (χ0n) is 12.2. The number of nitrogens with one attached hydrogen (secondary N) is 1. The summed E-state index contributed by atoms with van der Waals surface area (Å²) in [6.07, 6.45) is 5.92.